The average molecular weight is 331 g/mol. The van der Waals surface area contributed by atoms with Crippen molar-refractivity contribution >= 4 is 11.8 Å². The van der Waals surface area contributed by atoms with Crippen LogP contribution in [0.15, 0.2) is 24.4 Å². The van der Waals surface area contributed by atoms with Crippen molar-refractivity contribution in [2.24, 2.45) is 5.41 Å². The minimum absolute atomic E-state index is 0.00978. The number of carbonyl (C=O) groups is 2. The molecular formula is C18H25N3O3. The minimum Gasteiger partial charge on any atom is -0.395 e. The van der Waals surface area contributed by atoms with E-state index >= 15 is 0 Å². The summed E-state index contributed by atoms with van der Waals surface area (Å²) < 4.78 is 0. The molecule has 1 aromatic rings. The quantitative estimate of drug-likeness (QED) is 0.888. The molecule has 1 spiro atoms. The van der Waals surface area contributed by atoms with E-state index in [-0.39, 0.29) is 23.8 Å². The van der Waals surface area contributed by atoms with Gasteiger partial charge in [-0.25, -0.2) is 0 Å². The van der Waals surface area contributed by atoms with Gasteiger partial charge in [-0.2, -0.15) is 0 Å². The summed E-state index contributed by atoms with van der Waals surface area (Å²) in [5, 5.41) is 9.16. The van der Waals surface area contributed by atoms with Gasteiger partial charge in [0.2, 0.25) is 11.8 Å². The summed E-state index contributed by atoms with van der Waals surface area (Å²) in [6.45, 7) is 2.52. The predicted octanol–water partition coefficient (Wildman–Crippen LogP) is 0.848. The van der Waals surface area contributed by atoms with Gasteiger partial charge in [0.05, 0.1) is 13.0 Å². The van der Waals surface area contributed by atoms with Crippen LogP contribution >= 0.6 is 0 Å². The van der Waals surface area contributed by atoms with Gasteiger partial charge in [-0.1, -0.05) is 6.07 Å². The van der Waals surface area contributed by atoms with Gasteiger partial charge >= 0.3 is 0 Å². The maximum atomic E-state index is 12.6. The molecule has 0 aliphatic carbocycles. The third-order valence-electron chi connectivity index (χ3n) is 5.19. The third kappa shape index (κ3) is 3.75. The van der Waals surface area contributed by atoms with Crippen molar-refractivity contribution in [1.29, 1.82) is 0 Å². The Labute approximate surface area is 142 Å². The Morgan fingerprint density at radius 1 is 1.29 bits per heavy atom. The van der Waals surface area contributed by atoms with Gasteiger partial charge < -0.3 is 14.9 Å². The Hall–Kier alpha value is -1.95. The lowest BCUT2D eigenvalue weighted by Crippen LogP contribution is -2.55. The summed E-state index contributed by atoms with van der Waals surface area (Å²) >= 11 is 0. The first-order valence-corrected chi connectivity index (χ1v) is 8.68. The molecule has 3 rings (SSSR count). The maximum absolute atomic E-state index is 12.6. The highest BCUT2D eigenvalue weighted by molar-refractivity contribution is 5.79. The van der Waals surface area contributed by atoms with Crippen molar-refractivity contribution < 1.29 is 14.7 Å². The molecule has 1 N–H and O–H groups in total. The van der Waals surface area contributed by atoms with Crippen LogP contribution in [0.4, 0.5) is 0 Å². The molecule has 0 radical (unpaired) electrons. The molecule has 2 saturated heterocycles. The number of carbonyl (C=O) groups excluding carboxylic acids is 2. The predicted molar refractivity (Wildman–Crippen MR) is 89.1 cm³/mol. The van der Waals surface area contributed by atoms with Crippen molar-refractivity contribution in [2.75, 3.05) is 32.8 Å². The molecule has 3 heterocycles. The maximum Gasteiger partial charge on any atom is 0.228 e. The third-order valence-corrected chi connectivity index (χ3v) is 5.19. The van der Waals surface area contributed by atoms with Crippen LogP contribution < -0.4 is 0 Å². The fourth-order valence-electron chi connectivity index (χ4n) is 3.95. The molecule has 1 aromatic heterocycles. The number of nitrogens with zero attached hydrogens (tertiary/aromatic N) is 3. The van der Waals surface area contributed by atoms with Crippen LogP contribution in [0.5, 0.6) is 0 Å². The van der Waals surface area contributed by atoms with Gasteiger partial charge in [-0.3, -0.25) is 14.6 Å². The lowest BCUT2D eigenvalue weighted by molar-refractivity contribution is -0.143. The van der Waals surface area contributed by atoms with Crippen LogP contribution in [-0.4, -0.2) is 64.5 Å². The molecule has 24 heavy (non-hydrogen) atoms. The van der Waals surface area contributed by atoms with Gasteiger partial charge in [0.15, 0.2) is 0 Å². The zero-order valence-corrected chi connectivity index (χ0v) is 14.0. The van der Waals surface area contributed by atoms with Gasteiger partial charge in [0.25, 0.3) is 0 Å². The number of rotatable bonds is 4. The van der Waals surface area contributed by atoms with Gasteiger partial charge in [0, 0.05) is 49.9 Å². The second-order valence-electron chi connectivity index (χ2n) is 6.96. The molecule has 1 atom stereocenters. The molecule has 2 fully saturated rings. The molecule has 0 bridgehead atoms. The molecule has 6 nitrogen and oxygen atoms in total. The van der Waals surface area contributed by atoms with Gasteiger partial charge in [0.1, 0.15) is 0 Å². The molecular weight excluding hydrogens is 306 g/mol. The van der Waals surface area contributed by atoms with Crippen LogP contribution in [0, 0.1) is 5.41 Å². The summed E-state index contributed by atoms with van der Waals surface area (Å²) in [5.74, 6) is 0.227. The summed E-state index contributed by atoms with van der Waals surface area (Å²) in [5.41, 5.74) is 0.782. The monoisotopic (exact) mass is 331 g/mol. The van der Waals surface area contributed by atoms with E-state index in [2.05, 4.69) is 4.98 Å². The second-order valence-corrected chi connectivity index (χ2v) is 6.96. The van der Waals surface area contributed by atoms with Gasteiger partial charge in [-0.15, -0.1) is 0 Å². The SMILES string of the molecule is O=C1CCC2(CCCN(C(=O)Cc3ccccn3)C2)CN1CCO. The topological polar surface area (TPSA) is 73.7 Å². The first-order valence-electron chi connectivity index (χ1n) is 8.68. The normalized spacial score (nSPS) is 24.5. The smallest absolute Gasteiger partial charge is 0.228 e. The Balaban J connectivity index is 1.65. The van der Waals surface area contributed by atoms with Crippen molar-refractivity contribution in [2.45, 2.75) is 32.1 Å². The number of likely N-dealkylation sites (tertiary alicyclic amines) is 2. The molecule has 2 aliphatic heterocycles. The van der Waals surface area contributed by atoms with E-state index in [1.165, 1.54) is 0 Å². The number of aromatic nitrogens is 1. The van der Waals surface area contributed by atoms with E-state index in [9.17, 15) is 9.59 Å². The largest absolute Gasteiger partial charge is 0.395 e. The van der Waals surface area contributed by atoms with Crippen LogP contribution in [-0.2, 0) is 16.0 Å². The van der Waals surface area contributed by atoms with E-state index < -0.39 is 0 Å². The zero-order valence-electron chi connectivity index (χ0n) is 14.0. The fraction of sp³-hybridized carbons (Fsp3) is 0.611. The van der Waals surface area contributed by atoms with Crippen molar-refractivity contribution in [1.82, 2.24) is 14.8 Å². The van der Waals surface area contributed by atoms with Gasteiger partial charge in [-0.05, 0) is 31.4 Å². The van der Waals surface area contributed by atoms with Crippen LogP contribution in [0.1, 0.15) is 31.4 Å². The van der Waals surface area contributed by atoms with Crippen LogP contribution in [0.25, 0.3) is 0 Å². The first kappa shape index (κ1) is 16.9. The van der Waals surface area contributed by atoms with Crippen molar-refractivity contribution in [3.63, 3.8) is 0 Å². The summed E-state index contributed by atoms with van der Waals surface area (Å²) in [7, 11) is 0. The lowest BCUT2D eigenvalue weighted by atomic mass is 9.73. The Bertz CT molecular complexity index is 592. The second kappa shape index (κ2) is 7.30. The van der Waals surface area contributed by atoms with E-state index in [0.717, 1.165) is 31.5 Å². The zero-order chi connectivity index (χ0) is 17.0. The summed E-state index contributed by atoms with van der Waals surface area (Å²) in [6, 6.07) is 5.62. The van der Waals surface area contributed by atoms with E-state index in [0.29, 0.717) is 32.5 Å². The highest BCUT2D eigenvalue weighted by Gasteiger charge is 2.42. The Morgan fingerprint density at radius 3 is 2.92 bits per heavy atom. The number of piperidine rings is 2. The fourth-order valence-corrected chi connectivity index (χ4v) is 3.95. The number of aliphatic hydroxyl groups excluding tert-OH is 1. The van der Waals surface area contributed by atoms with E-state index in [1.807, 2.05) is 23.1 Å². The first-order chi connectivity index (χ1) is 11.6. The Kier molecular flexibility index (Phi) is 5.14. The summed E-state index contributed by atoms with van der Waals surface area (Å²) in [6.07, 6.45) is 5.39. The van der Waals surface area contributed by atoms with Crippen LogP contribution in [0.3, 0.4) is 0 Å². The standard InChI is InChI=1S/C18H25N3O3/c22-11-10-21-14-18(7-5-16(21)23)6-3-9-20(13-18)17(24)12-15-4-1-2-8-19-15/h1-2,4,8,22H,3,5-7,9-14H2. The minimum atomic E-state index is -0.0128. The number of amides is 2. The number of pyridine rings is 1. The molecule has 0 aromatic carbocycles. The van der Waals surface area contributed by atoms with Crippen molar-refractivity contribution in [3.8, 4) is 0 Å². The molecule has 2 amide bonds. The average Bonchev–Trinajstić information content (AvgIpc) is 2.60. The molecule has 130 valence electrons. The molecule has 1 unspecified atom stereocenters. The van der Waals surface area contributed by atoms with E-state index in [4.69, 9.17) is 5.11 Å². The lowest BCUT2D eigenvalue weighted by Gasteiger charge is -2.48. The molecule has 2 aliphatic rings. The molecule has 0 saturated carbocycles. The number of hydrogen-bond acceptors (Lipinski definition) is 4. The van der Waals surface area contributed by atoms with Crippen LogP contribution in [0.2, 0.25) is 0 Å². The van der Waals surface area contributed by atoms with Crippen molar-refractivity contribution in [3.05, 3.63) is 30.1 Å². The number of aliphatic hydroxyl groups is 1. The summed E-state index contributed by atoms with van der Waals surface area (Å²) in [4.78, 5) is 32.6. The Morgan fingerprint density at radius 2 is 2.17 bits per heavy atom. The number of hydrogen-bond donors (Lipinski definition) is 1. The highest BCUT2D eigenvalue weighted by Crippen LogP contribution is 2.38. The van der Waals surface area contributed by atoms with E-state index in [1.54, 1.807) is 11.1 Å². The number of β-amino-alcohol motifs (C(OH)–C–C–N with tert-alkyl or cyclic N) is 1. The highest BCUT2D eigenvalue weighted by atomic mass is 16.3. The molecule has 6 heteroatoms.